The van der Waals surface area contributed by atoms with Gasteiger partial charge in [-0.3, -0.25) is 4.79 Å². The number of ether oxygens (including phenoxy) is 2. The number of nitrogens with zero attached hydrogens (tertiary/aromatic N) is 1. The molecule has 1 N–H and O–H groups in total. The molecule has 3 rings (SSSR count). The molecule has 1 amide bonds. The molecule has 0 aliphatic carbocycles. The zero-order chi connectivity index (χ0) is 23.8. The summed E-state index contributed by atoms with van der Waals surface area (Å²) in [6.07, 6.45) is -3.31. The van der Waals surface area contributed by atoms with Gasteiger partial charge in [0.1, 0.15) is 6.10 Å². The average molecular weight is 476 g/mol. The molecule has 11 heteroatoms. The molecule has 0 unspecified atom stereocenters. The fraction of sp³-hybridized carbons (Fsp3) is 0.429. The molecule has 2 aromatic rings. The van der Waals surface area contributed by atoms with Crippen LogP contribution in [0.25, 0.3) is 0 Å². The van der Waals surface area contributed by atoms with Crippen molar-refractivity contribution in [2.24, 2.45) is 5.92 Å². The van der Waals surface area contributed by atoms with Crippen LogP contribution in [0.1, 0.15) is 25.3 Å². The quantitative estimate of drug-likeness (QED) is 0.477. The van der Waals surface area contributed by atoms with E-state index in [1.54, 1.807) is 12.1 Å². The van der Waals surface area contributed by atoms with Gasteiger partial charge in [0.15, 0.2) is 17.2 Å². The molecule has 0 spiro atoms. The SMILES string of the molecule is COc1c([C@H]2[C@H](C(=O)Nc3ccc(SC)nc3)O[C@@](C)(C(F)(F)F)[C@H]2C)ccc(F)c1F. The highest BCUT2D eigenvalue weighted by atomic mass is 32.2. The average Bonchev–Trinajstić information content (AvgIpc) is 3.02. The van der Waals surface area contributed by atoms with Gasteiger partial charge in [0, 0.05) is 17.4 Å². The van der Waals surface area contributed by atoms with E-state index < -0.39 is 53.0 Å². The van der Waals surface area contributed by atoms with E-state index in [1.165, 1.54) is 24.9 Å². The maximum absolute atomic E-state index is 14.3. The Morgan fingerprint density at radius 1 is 1.25 bits per heavy atom. The molecule has 1 aliphatic rings. The predicted octanol–water partition coefficient (Wildman–Crippen LogP) is 5.17. The van der Waals surface area contributed by atoms with Gasteiger partial charge in [-0.15, -0.1) is 11.8 Å². The Bertz CT molecular complexity index is 1000. The standard InChI is InChI=1S/C21H21F5N2O3S/c1-10-15(12-6-7-13(22)16(23)17(12)30-3)18(31-20(10,2)21(24,25)26)19(29)28-11-5-8-14(32-4)27-9-11/h5-10,15,18H,1-4H3,(H,28,29)/t10-,15-,18+,20+/m0/s1. The third-order valence-corrected chi connectivity index (χ3v) is 6.44. The van der Waals surface area contributed by atoms with Crippen molar-refractivity contribution in [1.29, 1.82) is 0 Å². The van der Waals surface area contributed by atoms with Gasteiger partial charge in [-0.2, -0.15) is 17.6 Å². The Kier molecular flexibility index (Phi) is 6.71. The molecule has 32 heavy (non-hydrogen) atoms. The zero-order valence-corrected chi connectivity index (χ0v) is 18.4. The minimum atomic E-state index is -4.83. The number of aromatic nitrogens is 1. The highest BCUT2D eigenvalue weighted by Crippen LogP contribution is 2.55. The number of thioether (sulfide) groups is 1. The van der Waals surface area contributed by atoms with E-state index in [0.717, 1.165) is 26.2 Å². The van der Waals surface area contributed by atoms with E-state index in [9.17, 15) is 26.7 Å². The summed E-state index contributed by atoms with van der Waals surface area (Å²) in [4.78, 5) is 17.1. The lowest BCUT2D eigenvalue weighted by atomic mass is 9.77. The van der Waals surface area contributed by atoms with Crippen molar-refractivity contribution < 1.29 is 36.2 Å². The van der Waals surface area contributed by atoms with E-state index in [0.29, 0.717) is 5.03 Å². The molecule has 2 heterocycles. The highest BCUT2D eigenvalue weighted by molar-refractivity contribution is 7.98. The number of pyridine rings is 1. The summed E-state index contributed by atoms with van der Waals surface area (Å²) in [5.41, 5.74) is -2.56. The summed E-state index contributed by atoms with van der Waals surface area (Å²) in [7, 11) is 1.07. The van der Waals surface area contributed by atoms with Crippen LogP contribution in [-0.4, -0.2) is 42.1 Å². The number of anilines is 1. The molecule has 4 atom stereocenters. The van der Waals surface area contributed by atoms with Crippen LogP contribution in [0.4, 0.5) is 27.6 Å². The van der Waals surface area contributed by atoms with Crippen LogP contribution in [0.3, 0.4) is 0 Å². The summed E-state index contributed by atoms with van der Waals surface area (Å²) < 4.78 is 80.1. The molecule has 1 aliphatic heterocycles. The van der Waals surface area contributed by atoms with Gasteiger partial charge in [0.05, 0.1) is 24.0 Å². The molecule has 0 radical (unpaired) electrons. The lowest BCUT2D eigenvalue weighted by molar-refractivity contribution is -0.272. The van der Waals surface area contributed by atoms with Crippen LogP contribution >= 0.6 is 11.8 Å². The zero-order valence-electron chi connectivity index (χ0n) is 17.6. The number of halogens is 5. The van der Waals surface area contributed by atoms with E-state index in [-0.39, 0.29) is 11.3 Å². The van der Waals surface area contributed by atoms with Crippen molar-refractivity contribution in [3.05, 3.63) is 47.7 Å². The number of hydrogen-bond donors (Lipinski definition) is 1. The summed E-state index contributed by atoms with van der Waals surface area (Å²) >= 11 is 1.38. The van der Waals surface area contributed by atoms with Crippen molar-refractivity contribution in [3.8, 4) is 5.75 Å². The second-order valence-electron chi connectivity index (χ2n) is 7.52. The number of amides is 1. The number of rotatable bonds is 5. The molecule has 0 saturated carbocycles. The van der Waals surface area contributed by atoms with Crippen molar-refractivity contribution in [2.75, 3.05) is 18.7 Å². The number of carbonyl (C=O) groups is 1. The first kappa shape index (κ1) is 24.2. The van der Waals surface area contributed by atoms with Gasteiger partial charge >= 0.3 is 6.18 Å². The largest absolute Gasteiger partial charge is 0.493 e. The van der Waals surface area contributed by atoms with Crippen LogP contribution < -0.4 is 10.1 Å². The number of alkyl halides is 3. The molecule has 1 aromatic carbocycles. The Balaban J connectivity index is 2.05. The fourth-order valence-corrected chi connectivity index (χ4v) is 4.19. The summed E-state index contributed by atoms with van der Waals surface area (Å²) in [5, 5.41) is 3.18. The minimum Gasteiger partial charge on any atom is -0.493 e. The Morgan fingerprint density at radius 3 is 2.47 bits per heavy atom. The maximum Gasteiger partial charge on any atom is 0.417 e. The number of methoxy groups -OCH3 is 1. The summed E-state index contributed by atoms with van der Waals surface area (Å²) in [6, 6.07) is 5.07. The van der Waals surface area contributed by atoms with Crippen molar-refractivity contribution >= 4 is 23.4 Å². The first-order chi connectivity index (χ1) is 14.9. The maximum atomic E-state index is 14.3. The van der Waals surface area contributed by atoms with E-state index in [2.05, 4.69) is 10.3 Å². The number of benzene rings is 1. The van der Waals surface area contributed by atoms with Crippen LogP contribution in [0, 0.1) is 17.6 Å². The van der Waals surface area contributed by atoms with Crippen molar-refractivity contribution in [3.63, 3.8) is 0 Å². The van der Waals surface area contributed by atoms with E-state index >= 15 is 0 Å². The fourth-order valence-electron chi connectivity index (χ4n) is 3.83. The lowest BCUT2D eigenvalue weighted by Gasteiger charge is -2.32. The lowest BCUT2D eigenvalue weighted by Crippen LogP contribution is -2.47. The molecule has 1 aromatic heterocycles. The first-order valence-corrected chi connectivity index (χ1v) is 10.7. The number of hydrogen-bond acceptors (Lipinski definition) is 5. The highest BCUT2D eigenvalue weighted by Gasteiger charge is 2.65. The van der Waals surface area contributed by atoms with Gasteiger partial charge < -0.3 is 14.8 Å². The van der Waals surface area contributed by atoms with Gasteiger partial charge in [-0.1, -0.05) is 13.0 Å². The Labute approximate surface area is 185 Å². The summed E-state index contributed by atoms with van der Waals surface area (Å²) in [6.45, 7) is 2.08. The molecule has 1 fully saturated rings. The Hall–Kier alpha value is -2.40. The van der Waals surface area contributed by atoms with Crippen LogP contribution in [0.5, 0.6) is 5.75 Å². The van der Waals surface area contributed by atoms with E-state index in [1.807, 2.05) is 6.26 Å². The van der Waals surface area contributed by atoms with Crippen LogP contribution in [0.15, 0.2) is 35.5 Å². The van der Waals surface area contributed by atoms with Crippen molar-refractivity contribution in [1.82, 2.24) is 4.98 Å². The Morgan fingerprint density at radius 2 is 1.94 bits per heavy atom. The minimum absolute atomic E-state index is 0.0946. The topological polar surface area (TPSA) is 60.5 Å². The molecule has 174 valence electrons. The first-order valence-electron chi connectivity index (χ1n) is 9.52. The van der Waals surface area contributed by atoms with Crippen LogP contribution in [0.2, 0.25) is 0 Å². The van der Waals surface area contributed by atoms with Gasteiger partial charge in [-0.05, 0) is 31.4 Å². The van der Waals surface area contributed by atoms with Crippen LogP contribution in [-0.2, 0) is 9.53 Å². The molecule has 1 saturated heterocycles. The molecular weight excluding hydrogens is 455 g/mol. The normalized spacial score (nSPS) is 25.6. The third-order valence-electron chi connectivity index (χ3n) is 5.78. The van der Waals surface area contributed by atoms with Gasteiger partial charge in [-0.25, -0.2) is 9.37 Å². The smallest absolute Gasteiger partial charge is 0.417 e. The number of nitrogens with one attached hydrogen (secondary N) is 1. The van der Waals surface area contributed by atoms with Crippen molar-refractivity contribution in [2.45, 2.75) is 42.7 Å². The molecule has 5 nitrogen and oxygen atoms in total. The number of carbonyl (C=O) groups excluding carboxylic acids is 1. The summed E-state index contributed by atoms with van der Waals surface area (Å²) in [5.74, 6) is -6.62. The van der Waals surface area contributed by atoms with E-state index in [4.69, 9.17) is 9.47 Å². The second-order valence-corrected chi connectivity index (χ2v) is 8.35. The molecular formula is C21H21F5N2O3S. The monoisotopic (exact) mass is 476 g/mol. The van der Waals surface area contributed by atoms with Gasteiger partial charge in [0.2, 0.25) is 5.82 Å². The predicted molar refractivity (Wildman–Crippen MR) is 109 cm³/mol. The third kappa shape index (κ3) is 4.15. The molecule has 0 bridgehead atoms. The second kappa shape index (κ2) is 8.86. The van der Waals surface area contributed by atoms with Gasteiger partial charge in [0.25, 0.3) is 5.91 Å².